The molecule has 1 aromatic carbocycles. The molecule has 90 valence electrons. The molecule has 0 fully saturated rings. The minimum absolute atomic E-state index is 0.0795. The van der Waals surface area contributed by atoms with Crippen LogP contribution >= 0.6 is 11.6 Å². The summed E-state index contributed by atoms with van der Waals surface area (Å²) in [4.78, 5) is 0. The number of hydrogen-bond acceptors (Lipinski definition) is 2. The van der Waals surface area contributed by atoms with Gasteiger partial charge in [0.15, 0.2) is 11.5 Å². The third kappa shape index (κ3) is 3.20. The Morgan fingerprint density at radius 2 is 1.94 bits per heavy atom. The first-order valence-electron chi connectivity index (χ1n) is 4.40. The highest BCUT2D eigenvalue weighted by atomic mass is 35.5. The lowest BCUT2D eigenvalue weighted by Crippen LogP contribution is -2.19. The topological polar surface area (TPSA) is 18.5 Å². The molecule has 1 rings (SSSR count). The highest BCUT2D eigenvalue weighted by Gasteiger charge is 2.22. The van der Waals surface area contributed by atoms with Gasteiger partial charge in [-0.25, -0.2) is 8.78 Å². The van der Waals surface area contributed by atoms with Crippen molar-refractivity contribution in [3.8, 4) is 11.5 Å². The predicted octanol–water partition coefficient (Wildman–Crippen LogP) is 3.37. The fourth-order valence-electron chi connectivity index (χ4n) is 1.07. The Bertz CT molecular complexity index is 347. The number of rotatable bonds is 5. The second-order valence-corrected chi connectivity index (χ2v) is 3.19. The Morgan fingerprint density at radius 1 is 1.25 bits per heavy atom. The maximum absolute atomic E-state index is 12.7. The van der Waals surface area contributed by atoms with Crippen molar-refractivity contribution in [1.82, 2.24) is 0 Å². The molecular formula is C10H10ClF3O2. The van der Waals surface area contributed by atoms with Crippen molar-refractivity contribution in [2.75, 3.05) is 7.11 Å². The maximum Gasteiger partial charge on any atom is 0.304 e. The summed E-state index contributed by atoms with van der Waals surface area (Å²) in [5.41, 5.74) is 0.721. The molecule has 0 radical (unpaired) electrons. The summed E-state index contributed by atoms with van der Waals surface area (Å²) in [6.07, 6.45) is -5.87. The molecule has 6 heteroatoms. The first-order valence-corrected chi connectivity index (χ1v) is 4.93. The zero-order chi connectivity index (χ0) is 12.1. The molecular weight excluding hydrogens is 245 g/mol. The van der Waals surface area contributed by atoms with E-state index in [0.717, 1.165) is 5.56 Å². The van der Waals surface area contributed by atoms with Gasteiger partial charge in [-0.1, -0.05) is 6.07 Å². The van der Waals surface area contributed by atoms with Crippen molar-refractivity contribution in [3.63, 3.8) is 0 Å². The lowest BCUT2D eigenvalue weighted by Gasteiger charge is -2.14. The van der Waals surface area contributed by atoms with Gasteiger partial charge in [0.25, 0.3) is 6.36 Å². The van der Waals surface area contributed by atoms with Gasteiger partial charge in [-0.15, -0.1) is 11.6 Å². The molecule has 0 N–H and O–H groups in total. The Kier molecular flexibility index (Phi) is 4.73. The van der Waals surface area contributed by atoms with E-state index in [9.17, 15) is 13.2 Å². The summed E-state index contributed by atoms with van der Waals surface area (Å²) in [6, 6.07) is 4.38. The van der Waals surface area contributed by atoms with Crippen LogP contribution in [0.2, 0.25) is 0 Å². The normalized spacial score (nSPS) is 12.6. The van der Waals surface area contributed by atoms with E-state index in [1.54, 1.807) is 6.07 Å². The van der Waals surface area contributed by atoms with Crippen molar-refractivity contribution in [3.05, 3.63) is 23.8 Å². The molecule has 0 spiro atoms. The first-order chi connectivity index (χ1) is 7.58. The summed E-state index contributed by atoms with van der Waals surface area (Å²) in [5, 5.41) is 0. The van der Waals surface area contributed by atoms with Gasteiger partial charge in [-0.3, -0.25) is 0 Å². The summed E-state index contributed by atoms with van der Waals surface area (Å²) in [5.74, 6) is 0.329. The molecule has 0 aliphatic heterocycles. The number of hydrogen-bond donors (Lipinski definition) is 0. The van der Waals surface area contributed by atoms with Crippen LogP contribution in [0.1, 0.15) is 5.56 Å². The molecule has 0 aromatic heterocycles. The van der Waals surface area contributed by atoms with Gasteiger partial charge >= 0.3 is 6.43 Å². The molecule has 2 nitrogen and oxygen atoms in total. The summed E-state index contributed by atoms with van der Waals surface area (Å²) in [6.45, 7) is 0. The Hall–Kier alpha value is -1.10. The predicted molar refractivity (Wildman–Crippen MR) is 54.1 cm³/mol. The quantitative estimate of drug-likeness (QED) is 0.750. The lowest BCUT2D eigenvalue weighted by atomic mass is 10.2. The average Bonchev–Trinajstić information content (AvgIpc) is 2.29. The number of halogens is 4. The van der Waals surface area contributed by atoms with Crippen LogP contribution in [0.25, 0.3) is 0 Å². The van der Waals surface area contributed by atoms with E-state index in [1.807, 2.05) is 0 Å². The van der Waals surface area contributed by atoms with Crippen LogP contribution in [0, 0.1) is 0 Å². The van der Waals surface area contributed by atoms with Crippen molar-refractivity contribution in [1.29, 1.82) is 0 Å². The van der Waals surface area contributed by atoms with Crippen LogP contribution in [-0.2, 0) is 5.88 Å². The first kappa shape index (κ1) is 13.0. The van der Waals surface area contributed by atoms with E-state index in [-0.39, 0.29) is 17.4 Å². The zero-order valence-corrected chi connectivity index (χ0v) is 9.18. The number of benzene rings is 1. The van der Waals surface area contributed by atoms with Crippen molar-refractivity contribution >= 4 is 11.6 Å². The molecule has 0 heterocycles. The minimum Gasteiger partial charge on any atom is -0.493 e. The van der Waals surface area contributed by atoms with E-state index in [4.69, 9.17) is 16.3 Å². The summed E-state index contributed by atoms with van der Waals surface area (Å²) >= 11 is 5.57. The van der Waals surface area contributed by atoms with E-state index in [0.29, 0.717) is 0 Å². The molecule has 0 aliphatic rings. The Morgan fingerprint density at radius 3 is 2.44 bits per heavy atom. The van der Waals surface area contributed by atoms with Crippen LogP contribution in [0.15, 0.2) is 18.2 Å². The van der Waals surface area contributed by atoms with Crippen molar-refractivity contribution in [2.24, 2.45) is 0 Å². The fourth-order valence-corrected chi connectivity index (χ4v) is 1.23. The van der Waals surface area contributed by atoms with Crippen LogP contribution in [-0.4, -0.2) is 19.9 Å². The largest absolute Gasteiger partial charge is 0.493 e. The zero-order valence-electron chi connectivity index (χ0n) is 8.42. The second kappa shape index (κ2) is 5.84. The van der Waals surface area contributed by atoms with Crippen LogP contribution in [0.3, 0.4) is 0 Å². The highest BCUT2D eigenvalue weighted by molar-refractivity contribution is 6.17. The summed E-state index contributed by atoms with van der Waals surface area (Å²) in [7, 11) is 1.33. The number of methoxy groups -OCH3 is 1. The maximum atomic E-state index is 12.7. The van der Waals surface area contributed by atoms with Gasteiger partial charge in [0.2, 0.25) is 0 Å². The molecule has 1 aromatic rings. The molecule has 0 bridgehead atoms. The molecule has 1 unspecified atom stereocenters. The van der Waals surface area contributed by atoms with Gasteiger partial charge in [-0.05, 0) is 17.7 Å². The third-order valence-electron chi connectivity index (χ3n) is 1.82. The van der Waals surface area contributed by atoms with Gasteiger partial charge in [-0.2, -0.15) is 4.39 Å². The van der Waals surface area contributed by atoms with E-state index < -0.39 is 12.8 Å². The smallest absolute Gasteiger partial charge is 0.304 e. The third-order valence-corrected chi connectivity index (χ3v) is 2.13. The molecule has 0 saturated heterocycles. The van der Waals surface area contributed by atoms with Gasteiger partial charge in [0.05, 0.1) is 7.11 Å². The van der Waals surface area contributed by atoms with Crippen molar-refractivity contribution in [2.45, 2.75) is 18.7 Å². The van der Waals surface area contributed by atoms with Gasteiger partial charge in [0.1, 0.15) is 0 Å². The fraction of sp³-hybridized carbons (Fsp3) is 0.400. The molecule has 0 amide bonds. The van der Waals surface area contributed by atoms with Crippen molar-refractivity contribution < 1.29 is 22.6 Å². The van der Waals surface area contributed by atoms with E-state index >= 15 is 0 Å². The minimum atomic E-state index is -3.20. The SMILES string of the molecule is COc1cc(CCl)ccc1OC(F)C(F)F. The standard InChI is InChI=1S/C10H10ClF3O2/c1-15-8-4-6(5-11)2-3-7(8)16-10(14)9(12)13/h2-4,9-10H,5H2,1H3. The Balaban J connectivity index is 2.87. The van der Waals surface area contributed by atoms with Crippen LogP contribution < -0.4 is 9.47 Å². The van der Waals surface area contributed by atoms with E-state index in [1.165, 1.54) is 19.2 Å². The molecule has 0 saturated carbocycles. The number of alkyl halides is 4. The van der Waals surface area contributed by atoms with Crippen LogP contribution in [0.4, 0.5) is 13.2 Å². The summed E-state index contributed by atoms with van der Waals surface area (Å²) < 4.78 is 45.8. The molecule has 0 aliphatic carbocycles. The van der Waals surface area contributed by atoms with E-state index in [2.05, 4.69) is 4.74 Å². The second-order valence-electron chi connectivity index (χ2n) is 2.92. The van der Waals surface area contributed by atoms with Gasteiger partial charge < -0.3 is 9.47 Å². The Labute approximate surface area is 95.9 Å². The number of ether oxygens (including phenoxy) is 2. The average molecular weight is 255 g/mol. The lowest BCUT2D eigenvalue weighted by molar-refractivity contribution is -0.0677. The monoisotopic (exact) mass is 254 g/mol. The van der Waals surface area contributed by atoms with Gasteiger partial charge in [0, 0.05) is 5.88 Å². The molecule has 16 heavy (non-hydrogen) atoms. The van der Waals surface area contributed by atoms with Crippen LogP contribution in [0.5, 0.6) is 11.5 Å². The molecule has 1 atom stereocenters. The highest BCUT2D eigenvalue weighted by Crippen LogP contribution is 2.30.